The molecule has 13 heteroatoms. The summed E-state index contributed by atoms with van der Waals surface area (Å²) in [4.78, 5) is 69.9. The van der Waals surface area contributed by atoms with Crippen molar-refractivity contribution in [3.8, 4) is 0 Å². The van der Waals surface area contributed by atoms with Gasteiger partial charge in [-0.15, -0.1) is 0 Å². The third-order valence-corrected chi connectivity index (χ3v) is 4.32. The van der Waals surface area contributed by atoms with Crippen LogP contribution in [-0.2, 0) is 28.8 Å². The first kappa shape index (κ1) is 26.8. The van der Waals surface area contributed by atoms with Crippen molar-refractivity contribution in [1.29, 1.82) is 0 Å². The first-order chi connectivity index (χ1) is 13.9. The zero-order chi connectivity index (χ0) is 23.4. The monoisotopic (exact) mass is 430 g/mol. The molecular weight excluding hydrogens is 400 g/mol. The average Bonchev–Trinajstić information content (AvgIpc) is 2.66. The minimum Gasteiger partial charge on any atom is -0.480 e. The molecule has 0 saturated heterocycles. The number of carbonyl (C=O) groups is 6. The Morgan fingerprint density at radius 1 is 0.900 bits per heavy atom. The number of rotatable bonds is 14. The fourth-order valence-corrected chi connectivity index (χ4v) is 2.30. The molecule has 0 rings (SSSR count). The van der Waals surface area contributed by atoms with Gasteiger partial charge in [0.25, 0.3) is 0 Å². The molecule has 0 heterocycles. The Morgan fingerprint density at radius 2 is 1.47 bits per heavy atom. The highest BCUT2D eigenvalue weighted by Gasteiger charge is 2.30. The Hall–Kier alpha value is -3.22. The van der Waals surface area contributed by atoms with Crippen LogP contribution in [0.2, 0.25) is 0 Å². The molecule has 5 amide bonds. The van der Waals surface area contributed by atoms with E-state index in [0.717, 1.165) is 0 Å². The number of hydrogen-bond acceptors (Lipinski definition) is 7. The van der Waals surface area contributed by atoms with Crippen LogP contribution in [0.3, 0.4) is 0 Å². The van der Waals surface area contributed by atoms with Gasteiger partial charge in [0.1, 0.15) is 18.6 Å². The smallest absolute Gasteiger partial charge is 0.322 e. The molecule has 4 unspecified atom stereocenters. The maximum Gasteiger partial charge on any atom is 0.322 e. The van der Waals surface area contributed by atoms with Gasteiger partial charge in [0.2, 0.25) is 29.5 Å². The number of hydrogen-bond donors (Lipinski definition) is 7. The number of carbonyl (C=O) groups excluding carboxylic acids is 5. The van der Waals surface area contributed by atoms with Crippen LogP contribution in [0.25, 0.3) is 0 Å². The molecule has 170 valence electrons. The standard InChI is InChI=1S/C17H30N6O7/c1-3-8(2)14(20)17(30)22-9(4-5-11(18)24)16(29)23-10(6-12(19)25)15(28)21-7-13(26)27/h8-10,14H,3-7,20H2,1-2H3,(H2,18,24)(H2,19,25)(H,21,28)(H,22,30)(H,23,29)(H,26,27). The fraction of sp³-hybridized carbons (Fsp3) is 0.647. The van der Waals surface area contributed by atoms with Crippen molar-refractivity contribution in [3.63, 3.8) is 0 Å². The van der Waals surface area contributed by atoms with Crippen molar-refractivity contribution >= 4 is 35.5 Å². The molecule has 10 N–H and O–H groups in total. The van der Waals surface area contributed by atoms with Crippen molar-refractivity contribution in [3.05, 3.63) is 0 Å². The van der Waals surface area contributed by atoms with E-state index < -0.39 is 66.6 Å². The van der Waals surface area contributed by atoms with Crippen LogP contribution in [0.4, 0.5) is 0 Å². The molecule has 0 aliphatic rings. The number of carboxylic acids is 1. The lowest BCUT2D eigenvalue weighted by atomic mass is 9.98. The highest BCUT2D eigenvalue weighted by molar-refractivity contribution is 5.95. The second kappa shape index (κ2) is 13.1. The van der Waals surface area contributed by atoms with E-state index in [0.29, 0.717) is 6.42 Å². The fourth-order valence-electron chi connectivity index (χ4n) is 2.30. The normalized spacial score (nSPS) is 14.5. The third-order valence-electron chi connectivity index (χ3n) is 4.32. The minimum absolute atomic E-state index is 0.180. The minimum atomic E-state index is -1.48. The SMILES string of the molecule is CCC(C)C(N)C(=O)NC(CCC(N)=O)C(=O)NC(CC(N)=O)C(=O)NCC(=O)O. The molecule has 4 atom stereocenters. The Labute approximate surface area is 173 Å². The molecule has 0 radical (unpaired) electrons. The van der Waals surface area contributed by atoms with Crippen molar-refractivity contribution in [2.24, 2.45) is 23.1 Å². The van der Waals surface area contributed by atoms with E-state index in [9.17, 15) is 28.8 Å². The van der Waals surface area contributed by atoms with E-state index in [-0.39, 0.29) is 18.8 Å². The summed E-state index contributed by atoms with van der Waals surface area (Å²) in [6, 6.07) is -3.67. The first-order valence-electron chi connectivity index (χ1n) is 9.31. The summed E-state index contributed by atoms with van der Waals surface area (Å²) in [7, 11) is 0. The molecule has 0 saturated carbocycles. The van der Waals surface area contributed by atoms with E-state index in [4.69, 9.17) is 22.3 Å². The average molecular weight is 430 g/mol. The summed E-state index contributed by atoms with van der Waals surface area (Å²) in [5.41, 5.74) is 16.0. The van der Waals surface area contributed by atoms with E-state index in [2.05, 4.69) is 10.6 Å². The van der Waals surface area contributed by atoms with E-state index in [1.54, 1.807) is 6.92 Å². The van der Waals surface area contributed by atoms with Gasteiger partial charge in [-0.3, -0.25) is 28.8 Å². The molecule has 0 aromatic heterocycles. The molecule has 0 spiro atoms. The van der Waals surface area contributed by atoms with Crippen molar-refractivity contribution in [2.45, 2.75) is 57.7 Å². The van der Waals surface area contributed by atoms with E-state index in [1.165, 1.54) is 0 Å². The lowest BCUT2D eigenvalue weighted by Crippen LogP contribution is -2.57. The molecule has 0 aliphatic heterocycles. The van der Waals surface area contributed by atoms with Crippen LogP contribution in [0.5, 0.6) is 0 Å². The predicted molar refractivity (Wildman–Crippen MR) is 104 cm³/mol. The zero-order valence-electron chi connectivity index (χ0n) is 17.0. The van der Waals surface area contributed by atoms with E-state index >= 15 is 0 Å². The molecule has 30 heavy (non-hydrogen) atoms. The Morgan fingerprint density at radius 3 is 1.93 bits per heavy atom. The van der Waals surface area contributed by atoms with Gasteiger partial charge in [-0.05, 0) is 12.3 Å². The van der Waals surface area contributed by atoms with Gasteiger partial charge in [0, 0.05) is 6.42 Å². The van der Waals surface area contributed by atoms with Gasteiger partial charge in [-0.2, -0.15) is 0 Å². The van der Waals surface area contributed by atoms with Crippen LogP contribution < -0.4 is 33.2 Å². The Bertz CT molecular complexity index is 669. The lowest BCUT2D eigenvalue weighted by Gasteiger charge is -2.24. The number of nitrogens with two attached hydrogens (primary N) is 3. The zero-order valence-corrected chi connectivity index (χ0v) is 17.0. The van der Waals surface area contributed by atoms with Gasteiger partial charge in [-0.1, -0.05) is 20.3 Å². The van der Waals surface area contributed by atoms with Gasteiger partial charge in [0.05, 0.1) is 12.5 Å². The summed E-state index contributed by atoms with van der Waals surface area (Å²) in [5.74, 6) is -5.66. The molecular formula is C17H30N6O7. The van der Waals surface area contributed by atoms with Gasteiger partial charge >= 0.3 is 5.97 Å². The second-order valence-electron chi connectivity index (χ2n) is 6.82. The highest BCUT2D eigenvalue weighted by Crippen LogP contribution is 2.07. The van der Waals surface area contributed by atoms with E-state index in [1.807, 2.05) is 12.2 Å². The summed E-state index contributed by atoms with van der Waals surface area (Å²) in [5, 5.41) is 15.3. The van der Waals surface area contributed by atoms with Crippen molar-refractivity contribution in [2.75, 3.05) is 6.54 Å². The van der Waals surface area contributed by atoms with Crippen LogP contribution in [0.15, 0.2) is 0 Å². The number of aliphatic carboxylic acids is 1. The Balaban J connectivity index is 5.37. The van der Waals surface area contributed by atoms with Crippen molar-refractivity contribution in [1.82, 2.24) is 16.0 Å². The van der Waals surface area contributed by atoms with Gasteiger partial charge in [-0.25, -0.2) is 0 Å². The van der Waals surface area contributed by atoms with Crippen LogP contribution in [-0.4, -0.2) is 65.3 Å². The summed E-state index contributed by atoms with van der Waals surface area (Å²) >= 11 is 0. The van der Waals surface area contributed by atoms with Gasteiger partial charge in [0.15, 0.2) is 0 Å². The highest BCUT2D eigenvalue weighted by atomic mass is 16.4. The number of carboxylic acid groups (broad SMARTS) is 1. The lowest BCUT2D eigenvalue weighted by molar-refractivity contribution is -0.138. The van der Waals surface area contributed by atoms with Crippen molar-refractivity contribution < 1.29 is 33.9 Å². The number of amides is 5. The maximum atomic E-state index is 12.6. The van der Waals surface area contributed by atoms with Crippen LogP contribution in [0.1, 0.15) is 39.5 Å². The quantitative estimate of drug-likeness (QED) is 0.147. The topological polar surface area (TPSA) is 237 Å². The summed E-state index contributed by atoms with van der Waals surface area (Å²) in [6.45, 7) is 2.84. The predicted octanol–water partition coefficient (Wildman–Crippen LogP) is -3.33. The molecule has 0 aromatic carbocycles. The molecule has 13 nitrogen and oxygen atoms in total. The van der Waals surface area contributed by atoms with Gasteiger partial charge < -0.3 is 38.3 Å². The van der Waals surface area contributed by atoms with Crippen LogP contribution >= 0.6 is 0 Å². The largest absolute Gasteiger partial charge is 0.480 e. The first-order valence-corrected chi connectivity index (χ1v) is 9.31. The molecule has 0 fully saturated rings. The maximum absolute atomic E-state index is 12.6. The Kier molecular flexibility index (Phi) is 11.7. The molecule has 0 bridgehead atoms. The van der Waals surface area contributed by atoms with Crippen LogP contribution in [0, 0.1) is 5.92 Å². The summed E-state index contributed by atoms with van der Waals surface area (Å²) < 4.78 is 0. The summed E-state index contributed by atoms with van der Waals surface area (Å²) in [6.07, 6.45) is -0.431. The second-order valence-corrected chi connectivity index (χ2v) is 6.82. The third kappa shape index (κ3) is 10.4. The molecule has 0 aliphatic carbocycles. The number of nitrogens with one attached hydrogen (secondary N) is 3. The number of primary amides is 2. The molecule has 0 aromatic rings.